The zero-order valence-corrected chi connectivity index (χ0v) is 10.5. The Labute approximate surface area is 105 Å². The van der Waals surface area contributed by atoms with Crippen LogP contribution in [0.1, 0.15) is 12.0 Å². The lowest BCUT2D eigenvalue weighted by Gasteiger charge is -2.12. The molecule has 0 bridgehead atoms. The number of carbonyl (C=O) groups excluding carboxylic acids is 1. The van der Waals surface area contributed by atoms with Gasteiger partial charge in [-0.15, -0.1) is 0 Å². The van der Waals surface area contributed by atoms with Gasteiger partial charge in [0, 0.05) is 11.4 Å². The topological polar surface area (TPSA) is 103 Å². The molecule has 1 aromatic rings. The largest absolute Gasteiger partial charge is 0.370 e. The lowest BCUT2D eigenvalue weighted by molar-refractivity contribution is -0.118. The second-order valence-corrected chi connectivity index (χ2v) is 5.99. The minimum atomic E-state index is -3.80. The fourth-order valence-electron chi connectivity index (χ4n) is 1.41. The summed E-state index contributed by atoms with van der Waals surface area (Å²) >= 11 is 5.71. The summed E-state index contributed by atoms with van der Waals surface area (Å²) in [5, 5.41) is 4.60. The molecule has 0 fully saturated rings. The van der Waals surface area contributed by atoms with Crippen LogP contribution in [0.25, 0.3) is 0 Å². The van der Waals surface area contributed by atoms with Gasteiger partial charge in [-0.1, -0.05) is 23.7 Å². The van der Waals surface area contributed by atoms with Crippen LogP contribution in [0.4, 0.5) is 0 Å². The van der Waals surface area contributed by atoms with E-state index in [1.807, 2.05) is 0 Å². The van der Waals surface area contributed by atoms with Crippen LogP contribution >= 0.6 is 11.6 Å². The number of halogens is 1. The van der Waals surface area contributed by atoms with Crippen molar-refractivity contribution in [1.82, 2.24) is 0 Å². The van der Waals surface area contributed by atoms with E-state index in [1.54, 1.807) is 24.3 Å². The van der Waals surface area contributed by atoms with Crippen LogP contribution in [-0.4, -0.2) is 19.6 Å². The number of carbonyl (C=O) groups is 1. The van der Waals surface area contributed by atoms with Crippen molar-refractivity contribution >= 4 is 27.5 Å². The number of benzene rings is 1. The number of nitrogens with two attached hydrogens (primary N) is 2. The summed E-state index contributed by atoms with van der Waals surface area (Å²) in [6, 6.07) is 6.64. The van der Waals surface area contributed by atoms with Gasteiger partial charge in [0.2, 0.25) is 15.9 Å². The van der Waals surface area contributed by atoms with Crippen LogP contribution in [0, 0.1) is 0 Å². The van der Waals surface area contributed by atoms with E-state index >= 15 is 0 Å². The van der Waals surface area contributed by atoms with Gasteiger partial charge in [-0.05, 0) is 24.1 Å². The Morgan fingerprint density at radius 1 is 1.29 bits per heavy atom. The average Bonchev–Trinajstić information content (AvgIpc) is 2.18. The first kappa shape index (κ1) is 14.0. The molecule has 0 aliphatic carbocycles. The molecule has 1 amide bonds. The predicted molar refractivity (Wildman–Crippen MR) is 65.9 cm³/mol. The molecule has 94 valence electrons. The average molecular weight is 277 g/mol. The van der Waals surface area contributed by atoms with Gasteiger partial charge >= 0.3 is 0 Å². The molecule has 0 heterocycles. The second-order valence-electron chi connectivity index (χ2n) is 3.71. The Bertz CT molecular complexity index is 499. The van der Waals surface area contributed by atoms with Gasteiger partial charge in [0.05, 0.1) is 5.25 Å². The summed E-state index contributed by atoms with van der Waals surface area (Å²) in [5.41, 5.74) is 5.72. The Hall–Kier alpha value is -1.11. The minimum absolute atomic E-state index is 0.138. The molecule has 5 nitrogen and oxygen atoms in total. The van der Waals surface area contributed by atoms with Crippen molar-refractivity contribution in [2.45, 2.75) is 18.1 Å². The summed E-state index contributed by atoms with van der Waals surface area (Å²) < 4.78 is 22.6. The summed E-state index contributed by atoms with van der Waals surface area (Å²) in [5.74, 6) is -0.696. The molecule has 0 radical (unpaired) electrons. The fourth-order valence-corrected chi connectivity index (χ4v) is 2.36. The summed E-state index contributed by atoms with van der Waals surface area (Å²) in [6.45, 7) is 0. The van der Waals surface area contributed by atoms with E-state index in [4.69, 9.17) is 22.5 Å². The third kappa shape index (κ3) is 4.72. The molecule has 1 rings (SSSR count). The molecule has 1 aromatic carbocycles. The highest BCUT2D eigenvalue weighted by Gasteiger charge is 2.23. The van der Waals surface area contributed by atoms with Gasteiger partial charge in [0.25, 0.3) is 0 Å². The van der Waals surface area contributed by atoms with Crippen LogP contribution in [0.15, 0.2) is 24.3 Å². The number of primary amides is 1. The third-order valence-electron chi connectivity index (χ3n) is 2.27. The molecule has 0 saturated carbocycles. The normalized spacial score (nSPS) is 13.3. The van der Waals surface area contributed by atoms with Crippen molar-refractivity contribution in [1.29, 1.82) is 0 Å². The van der Waals surface area contributed by atoms with E-state index in [1.165, 1.54) is 0 Å². The highest BCUT2D eigenvalue weighted by Crippen LogP contribution is 2.14. The molecule has 7 heteroatoms. The maximum Gasteiger partial charge on any atom is 0.218 e. The lowest BCUT2D eigenvalue weighted by Crippen LogP contribution is -2.34. The number of rotatable bonds is 5. The predicted octanol–water partition coefficient (Wildman–Crippen LogP) is 0.415. The molecule has 0 aromatic heterocycles. The van der Waals surface area contributed by atoms with Crippen molar-refractivity contribution in [3.05, 3.63) is 34.9 Å². The Kier molecular flexibility index (Phi) is 4.50. The SMILES string of the molecule is NC(=O)CC(Cc1ccc(Cl)cc1)S(N)(=O)=O. The molecule has 0 aliphatic heterocycles. The van der Waals surface area contributed by atoms with Crippen LogP contribution < -0.4 is 10.9 Å². The van der Waals surface area contributed by atoms with E-state index < -0.39 is 21.2 Å². The van der Waals surface area contributed by atoms with Gasteiger partial charge in [0.1, 0.15) is 0 Å². The molecular formula is C10H13ClN2O3S. The molecule has 1 atom stereocenters. The Morgan fingerprint density at radius 3 is 2.24 bits per heavy atom. The third-order valence-corrected chi connectivity index (χ3v) is 3.78. The van der Waals surface area contributed by atoms with Crippen molar-refractivity contribution < 1.29 is 13.2 Å². The van der Waals surface area contributed by atoms with Gasteiger partial charge < -0.3 is 5.73 Å². The smallest absolute Gasteiger partial charge is 0.218 e. The minimum Gasteiger partial charge on any atom is -0.370 e. The first-order chi connectivity index (χ1) is 7.79. The summed E-state index contributed by atoms with van der Waals surface area (Å²) in [7, 11) is -3.80. The maximum atomic E-state index is 11.3. The molecule has 1 unspecified atom stereocenters. The van der Waals surface area contributed by atoms with Gasteiger partial charge in [-0.2, -0.15) is 0 Å². The molecule has 0 spiro atoms. The fraction of sp³-hybridized carbons (Fsp3) is 0.300. The Morgan fingerprint density at radius 2 is 1.82 bits per heavy atom. The summed E-state index contributed by atoms with van der Waals surface area (Å²) in [6.07, 6.45) is -0.152. The molecule has 0 saturated heterocycles. The van der Waals surface area contributed by atoms with Crippen LogP contribution in [-0.2, 0) is 21.2 Å². The van der Waals surface area contributed by atoms with Crippen molar-refractivity contribution in [3.8, 4) is 0 Å². The van der Waals surface area contributed by atoms with Gasteiger partial charge in [-0.25, -0.2) is 13.6 Å². The number of sulfonamides is 1. The number of hydrogen-bond acceptors (Lipinski definition) is 3. The van der Waals surface area contributed by atoms with Crippen LogP contribution in [0.2, 0.25) is 5.02 Å². The van der Waals surface area contributed by atoms with Gasteiger partial charge in [-0.3, -0.25) is 4.79 Å². The van der Waals surface area contributed by atoms with Crippen molar-refractivity contribution in [3.63, 3.8) is 0 Å². The van der Waals surface area contributed by atoms with Crippen LogP contribution in [0.3, 0.4) is 0 Å². The van der Waals surface area contributed by atoms with Crippen molar-refractivity contribution in [2.75, 3.05) is 0 Å². The first-order valence-electron chi connectivity index (χ1n) is 4.83. The number of amides is 1. The zero-order valence-electron chi connectivity index (χ0n) is 8.97. The molecule has 0 aliphatic rings. The summed E-state index contributed by atoms with van der Waals surface area (Å²) in [4.78, 5) is 10.8. The first-order valence-corrected chi connectivity index (χ1v) is 6.82. The Balaban J connectivity index is 2.87. The second kappa shape index (κ2) is 5.48. The standard InChI is InChI=1S/C10H13ClN2O3S/c11-8-3-1-7(2-4-8)5-9(6-10(12)14)17(13,15)16/h1-4,9H,5-6H2,(H2,12,14)(H2,13,15,16). The lowest BCUT2D eigenvalue weighted by atomic mass is 10.1. The monoisotopic (exact) mass is 276 g/mol. The maximum absolute atomic E-state index is 11.3. The highest BCUT2D eigenvalue weighted by atomic mass is 35.5. The number of hydrogen-bond donors (Lipinski definition) is 2. The van der Waals surface area contributed by atoms with E-state index in [0.717, 1.165) is 5.56 Å². The van der Waals surface area contributed by atoms with E-state index in [0.29, 0.717) is 5.02 Å². The highest BCUT2D eigenvalue weighted by molar-refractivity contribution is 7.89. The van der Waals surface area contributed by atoms with E-state index in [2.05, 4.69) is 0 Å². The molecule has 17 heavy (non-hydrogen) atoms. The van der Waals surface area contributed by atoms with Crippen molar-refractivity contribution in [2.24, 2.45) is 10.9 Å². The number of primary sulfonamides is 1. The van der Waals surface area contributed by atoms with E-state index in [-0.39, 0.29) is 12.8 Å². The zero-order chi connectivity index (χ0) is 13.1. The molecular weight excluding hydrogens is 264 g/mol. The van der Waals surface area contributed by atoms with Gasteiger partial charge in [0.15, 0.2) is 0 Å². The van der Waals surface area contributed by atoms with E-state index in [9.17, 15) is 13.2 Å². The molecule has 4 N–H and O–H groups in total. The quantitative estimate of drug-likeness (QED) is 0.814. The van der Waals surface area contributed by atoms with Crippen LogP contribution in [0.5, 0.6) is 0 Å².